The zero-order valence-corrected chi connectivity index (χ0v) is 22.1. The maximum atomic E-state index is 14.0. The van der Waals surface area contributed by atoms with Gasteiger partial charge in [-0.1, -0.05) is 42.4 Å². The summed E-state index contributed by atoms with van der Waals surface area (Å²) in [4.78, 5) is 39.0. The summed E-state index contributed by atoms with van der Waals surface area (Å²) in [5.74, 6) is -0.147. The molecule has 2 amide bonds. The maximum Gasteiger partial charge on any atom is 0.325 e. The van der Waals surface area contributed by atoms with Gasteiger partial charge in [-0.15, -0.1) is 11.8 Å². The molecule has 0 atom stereocenters. The van der Waals surface area contributed by atoms with E-state index < -0.39 is 11.8 Å². The number of aromatic nitrogens is 3. The van der Waals surface area contributed by atoms with E-state index in [2.05, 4.69) is 25.6 Å². The van der Waals surface area contributed by atoms with Crippen LogP contribution >= 0.6 is 34.9 Å². The molecule has 2 aromatic carbocycles. The minimum Gasteiger partial charge on any atom is -0.339 e. The number of anilines is 2. The number of thiazole rings is 1. The molecule has 2 heterocycles. The fourth-order valence-corrected chi connectivity index (χ4v) is 7.16. The van der Waals surface area contributed by atoms with Crippen molar-refractivity contribution in [3.05, 3.63) is 78.0 Å². The second kappa shape index (κ2) is 11.9. The molecule has 37 heavy (non-hydrogen) atoms. The summed E-state index contributed by atoms with van der Waals surface area (Å²) in [6.45, 7) is 0. The number of imidazole rings is 1. The number of nitrogens with one attached hydrogen (secondary N) is 3. The Balaban J connectivity index is 1.31. The Hall–Kier alpha value is -3.15. The molecule has 11 heteroatoms. The van der Waals surface area contributed by atoms with E-state index in [0.717, 1.165) is 45.6 Å². The Morgan fingerprint density at radius 3 is 2.68 bits per heavy atom. The van der Waals surface area contributed by atoms with Gasteiger partial charge in [0.25, 0.3) is 0 Å². The van der Waals surface area contributed by atoms with Crippen LogP contribution in [-0.4, -0.2) is 26.8 Å². The first kappa shape index (κ1) is 25.5. The van der Waals surface area contributed by atoms with Crippen LogP contribution in [0.3, 0.4) is 0 Å². The Labute approximate surface area is 226 Å². The van der Waals surface area contributed by atoms with Crippen LogP contribution in [0.25, 0.3) is 0 Å². The van der Waals surface area contributed by atoms with Crippen molar-refractivity contribution in [3.63, 3.8) is 0 Å². The molecule has 3 N–H and O–H groups in total. The Morgan fingerprint density at radius 1 is 1.11 bits per heavy atom. The van der Waals surface area contributed by atoms with Crippen LogP contribution in [0.5, 0.6) is 0 Å². The number of H-pyrrole nitrogens is 1. The van der Waals surface area contributed by atoms with E-state index >= 15 is 0 Å². The minimum atomic E-state index is -0.544. The molecule has 1 aliphatic rings. The SMILES string of the molecule is O=C(Nc1nc(CSc2ccccc2)c(Sc2ncc[nH]2)s1)Nc1ccc(F)cc1C(=O)C1CCCC1. The van der Waals surface area contributed by atoms with E-state index in [-0.39, 0.29) is 23.0 Å². The van der Waals surface area contributed by atoms with Gasteiger partial charge in [-0.05, 0) is 54.9 Å². The van der Waals surface area contributed by atoms with Crippen LogP contribution in [0.15, 0.2) is 75.2 Å². The van der Waals surface area contributed by atoms with Crippen molar-refractivity contribution < 1.29 is 14.0 Å². The van der Waals surface area contributed by atoms with Crippen molar-refractivity contribution >= 4 is 57.5 Å². The highest BCUT2D eigenvalue weighted by Crippen LogP contribution is 2.38. The smallest absolute Gasteiger partial charge is 0.325 e. The van der Waals surface area contributed by atoms with Crippen LogP contribution in [-0.2, 0) is 5.75 Å². The molecule has 0 bridgehead atoms. The van der Waals surface area contributed by atoms with Gasteiger partial charge in [-0.25, -0.2) is 19.2 Å². The normalized spacial score (nSPS) is 13.5. The number of aromatic amines is 1. The van der Waals surface area contributed by atoms with Crippen molar-refractivity contribution in [2.45, 2.75) is 45.7 Å². The zero-order valence-electron chi connectivity index (χ0n) is 19.7. The third-order valence-electron chi connectivity index (χ3n) is 5.88. The van der Waals surface area contributed by atoms with Crippen LogP contribution in [0.1, 0.15) is 41.7 Å². The second-order valence-electron chi connectivity index (χ2n) is 8.47. The van der Waals surface area contributed by atoms with Crippen molar-refractivity contribution in [3.8, 4) is 0 Å². The number of carbonyl (C=O) groups is 2. The van der Waals surface area contributed by atoms with E-state index in [1.165, 1.54) is 41.3 Å². The van der Waals surface area contributed by atoms with Crippen LogP contribution in [0.2, 0.25) is 0 Å². The zero-order chi connectivity index (χ0) is 25.6. The molecular formula is C26H24FN5O2S3. The number of nitrogens with zero attached hydrogens (tertiary/aromatic N) is 2. The third kappa shape index (κ3) is 6.60. The van der Waals surface area contributed by atoms with Crippen molar-refractivity contribution in [1.29, 1.82) is 0 Å². The predicted molar refractivity (Wildman–Crippen MR) is 146 cm³/mol. The lowest BCUT2D eigenvalue weighted by Crippen LogP contribution is -2.22. The topological polar surface area (TPSA) is 99.8 Å². The highest BCUT2D eigenvalue weighted by molar-refractivity contribution is 8.01. The van der Waals surface area contributed by atoms with Crippen LogP contribution in [0.4, 0.5) is 20.0 Å². The van der Waals surface area contributed by atoms with Gasteiger partial charge in [0.1, 0.15) is 5.82 Å². The largest absolute Gasteiger partial charge is 0.339 e. The van der Waals surface area contributed by atoms with Crippen molar-refractivity contribution in [1.82, 2.24) is 15.0 Å². The van der Waals surface area contributed by atoms with Gasteiger partial charge in [0.2, 0.25) is 0 Å². The predicted octanol–water partition coefficient (Wildman–Crippen LogP) is 7.47. The van der Waals surface area contributed by atoms with E-state index in [1.54, 1.807) is 24.2 Å². The number of hydrogen-bond acceptors (Lipinski definition) is 7. The number of halogens is 1. The minimum absolute atomic E-state index is 0.126. The second-order valence-corrected chi connectivity index (χ2v) is 11.8. The summed E-state index contributed by atoms with van der Waals surface area (Å²) in [5, 5.41) is 6.65. The molecule has 1 aliphatic carbocycles. The summed E-state index contributed by atoms with van der Waals surface area (Å²) in [5.41, 5.74) is 1.32. The molecule has 4 aromatic rings. The summed E-state index contributed by atoms with van der Waals surface area (Å²) >= 11 is 4.45. The van der Waals surface area contributed by atoms with Crippen LogP contribution in [0, 0.1) is 11.7 Å². The lowest BCUT2D eigenvalue weighted by Gasteiger charge is -2.14. The van der Waals surface area contributed by atoms with Gasteiger partial charge in [0, 0.05) is 34.5 Å². The lowest BCUT2D eigenvalue weighted by molar-refractivity contribution is 0.0923. The van der Waals surface area contributed by atoms with Gasteiger partial charge < -0.3 is 10.3 Å². The standard InChI is InChI=1S/C26H24FN5O2S3/c27-17-10-11-20(19(14-17)22(33)16-6-4-5-7-16)30-24(34)32-26-31-21(15-35-18-8-2-1-3-9-18)23(37-26)36-25-28-12-13-29-25/h1-3,8-14,16H,4-7,15H2,(H,28,29)(H2,30,31,32,34). The number of amides is 2. The summed E-state index contributed by atoms with van der Waals surface area (Å²) in [7, 11) is 0. The molecule has 1 saturated carbocycles. The van der Waals surface area contributed by atoms with Crippen LogP contribution < -0.4 is 10.6 Å². The van der Waals surface area contributed by atoms with Gasteiger partial charge in [0.05, 0.1) is 15.6 Å². The molecule has 1 fully saturated rings. The first-order valence-electron chi connectivity index (χ1n) is 11.8. The van der Waals surface area contributed by atoms with Gasteiger partial charge in [-0.3, -0.25) is 10.1 Å². The van der Waals surface area contributed by atoms with Gasteiger partial charge in [-0.2, -0.15) is 0 Å². The first-order valence-corrected chi connectivity index (χ1v) is 14.4. The Bertz CT molecular complexity index is 1370. The number of rotatable bonds is 9. The van der Waals surface area contributed by atoms with E-state index in [9.17, 15) is 14.0 Å². The highest BCUT2D eigenvalue weighted by Gasteiger charge is 2.26. The molecule has 7 nitrogen and oxygen atoms in total. The summed E-state index contributed by atoms with van der Waals surface area (Å²) in [6.07, 6.45) is 6.99. The third-order valence-corrected chi connectivity index (χ3v) is 9.05. The van der Waals surface area contributed by atoms with Crippen molar-refractivity contribution in [2.24, 2.45) is 5.92 Å². The van der Waals surface area contributed by atoms with E-state index in [1.807, 2.05) is 30.3 Å². The first-order chi connectivity index (χ1) is 18.0. The fraction of sp³-hybridized carbons (Fsp3) is 0.231. The molecule has 0 aliphatic heterocycles. The van der Waals surface area contributed by atoms with E-state index in [0.29, 0.717) is 10.9 Å². The molecule has 0 unspecified atom stereocenters. The highest BCUT2D eigenvalue weighted by atomic mass is 32.2. The lowest BCUT2D eigenvalue weighted by atomic mass is 9.95. The van der Waals surface area contributed by atoms with E-state index in [4.69, 9.17) is 0 Å². The molecule has 0 saturated heterocycles. The fourth-order valence-electron chi connectivity index (χ4n) is 4.11. The number of benzene rings is 2. The van der Waals surface area contributed by atoms with Gasteiger partial charge in [0.15, 0.2) is 16.1 Å². The number of Topliss-reactive ketones (excluding diaryl/α,β-unsaturated/α-hetero) is 1. The summed E-state index contributed by atoms with van der Waals surface area (Å²) < 4.78 is 14.9. The number of thioether (sulfide) groups is 1. The molecular weight excluding hydrogens is 530 g/mol. The average Bonchev–Trinajstić information content (AvgIpc) is 3.68. The number of hydrogen-bond donors (Lipinski definition) is 3. The molecule has 190 valence electrons. The summed E-state index contributed by atoms with van der Waals surface area (Å²) in [6, 6.07) is 13.3. The Kier molecular flexibility index (Phi) is 8.22. The molecule has 2 aromatic heterocycles. The Morgan fingerprint density at radius 2 is 1.92 bits per heavy atom. The number of carbonyl (C=O) groups excluding carboxylic acids is 2. The average molecular weight is 554 g/mol. The molecule has 5 rings (SSSR count). The van der Waals surface area contributed by atoms with Crippen molar-refractivity contribution in [2.75, 3.05) is 10.6 Å². The molecule has 0 radical (unpaired) electrons. The molecule has 0 spiro atoms. The number of urea groups is 1. The monoisotopic (exact) mass is 553 g/mol. The quantitative estimate of drug-likeness (QED) is 0.147. The maximum absolute atomic E-state index is 14.0. The number of ketones is 1. The van der Waals surface area contributed by atoms with Gasteiger partial charge >= 0.3 is 6.03 Å².